The SMILES string of the molecule is CC(C)N1CCn2c(N(C)C(=O)c3cccc(NC(=O)c4n[nH]c5ncccc45)c3)cc(=O)c(O)c2C1=O. The lowest BCUT2D eigenvalue weighted by atomic mass is 10.1. The van der Waals surface area contributed by atoms with Gasteiger partial charge in [0.1, 0.15) is 5.82 Å². The van der Waals surface area contributed by atoms with Crippen molar-refractivity contribution in [2.75, 3.05) is 23.8 Å². The van der Waals surface area contributed by atoms with E-state index < -0.39 is 28.9 Å². The average Bonchev–Trinajstić information content (AvgIpc) is 3.34. The summed E-state index contributed by atoms with van der Waals surface area (Å²) in [5, 5.41) is 20.4. The van der Waals surface area contributed by atoms with Gasteiger partial charge in [-0.25, -0.2) is 4.98 Å². The molecular formula is C26H25N7O5. The third-order valence-corrected chi connectivity index (χ3v) is 6.48. The Morgan fingerprint density at radius 1 is 1.13 bits per heavy atom. The maximum absolute atomic E-state index is 13.4. The van der Waals surface area contributed by atoms with Crippen molar-refractivity contribution in [1.82, 2.24) is 24.6 Å². The fourth-order valence-corrected chi connectivity index (χ4v) is 4.53. The summed E-state index contributed by atoms with van der Waals surface area (Å²) in [5.41, 5.74) is 0.338. The highest BCUT2D eigenvalue weighted by Gasteiger charge is 2.33. The van der Waals surface area contributed by atoms with Crippen molar-refractivity contribution < 1.29 is 19.5 Å². The molecule has 5 rings (SSSR count). The van der Waals surface area contributed by atoms with E-state index in [1.807, 2.05) is 13.8 Å². The number of amides is 3. The number of aromatic amines is 1. The minimum absolute atomic E-state index is 0.123. The number of carbonyl (C=O) groups excluding carboxylic acids is 3. The minimum Gasteiger partial charge on any atom is -0.503 e. The van der Waals surface area contributed by atoms with Gasteiger partial charge < -0.3 is 19.9 Å². The number of rotatable bonds is 5. The molecule has 0 radical (unpaired) electrons. The summed E-state index contributed by atoms with van der Waals surface area (Å²) in [6.45, 7) is 4.35. The molecule has 12 nitrogen and oxygen atoms in total. The summed E-state index contributed by atoms with van der Waals surface area (Å²) in [6.07, 6.45) is 1.59. The monoisotopic (exact) mass is 515 g/mol. The molecule has 3 amide bonds. The molecule has 0 unspecified atom stereocenters. The summed E-state index contributed by atoms with van der Waals surface area (Å²) < 4.78 is 1.48. The van der Waals surface area contributed by atoms with E-state index in [4.69, 9.17) is 0 Å². The van der Waals surface area contributed by atoms with Gasteiger partial charge in [0.15, 0.2) is 22.8 Å². The van der Waals surface area contributed by atoms with E-state index in [1.54, 1.807) is 41.4 Å². The van der Waals surface area contributed by atoms with Gasteiger partial charge in [-0.2, -0.15) is 5.10 Å². The van der Waals surface area contributed by atoms with Crippen molar-refractivity contribution in [2.24, 2.45) is 0 Å². The maximum atomic E-state index is 13.4. The quantitative estimate of drug-likeness (QED) is 0.368. The molecule has 3 aromatic heterocycles. The highest BCUT2D eigenvalue weighted by Crippen LogP contribution is 2.27. The van der Waals surface area contributed by atoms with Crippen molar-refractivity contribution in [3.63, 3.8) is 0 Å². The molecule has 1 aliphatic rings. The highest BCUT2D eigenvalue weighted by atomic mass is 16.3. The number of nitrogens with one attached hydrogen (secondary N) is 2. The Balaban J connectivity index is 1.43. The lowest BCUT2D eigenvalue weighted by Gasteiger charge is -2.35. The number of hydrogen-bond acceptors (Lipinski definition) is 7. The maximum Gasteiger partial charge on any atom is 0.276 e. The number of aromatic hydroxyl groups is 1. The van der Waals surface area contributed by atoms with Crippen LogP contribution in [0.1, 0.15) is 45.2 Å². The molecule has 194 valence electrons. The summed E-state index contributed by atoms with van der Waals surface area (Å²) in [4.78, 5) is 58.8. The molecule has 3 N–H and O–H groups in total. The van der Waals surface area contributed by atoms with Crippen molar-refractivity contribution in [2.45, 2.75) is 26.4 Å². The molecule has 0 fully saturated rings. The molecule has 0 saturated carbocycles. The van der Waals surface area contributed by atoms with Gasteiger partial charge in [-0.3, -0.25) is 29.2 Å². The molecule has 0 spiro atoms. The Kier molecular flexibility index (Phi) is 6.15. The Morgan fingerprint density at radius 2 is 1.92 bits per heavy atom. The van der Waals surface area contributed by atoms with Gasteiger partial charge >= 0.3 is 0 Å². The number of benzene rings is 1. The number of anilines is 2. The van der Waals surface area contributed by atoms with Crippen LogP contribution in [0.3, 0.4) is 0 Å². The second-order valence-electron chi connectivity index (χ2n) is 9.18. The molecule has 0 saturated heterocycles. The number of pyridine rings is 2. The number of hydrogen-bond donors (Lipinski definition) is 3. The van der Waals surface area contributed by atoms with Crippen molar-refractivity contribution in [3.8, 4) is 5.75 Å². The molecule has 4 heterocycles. The van der Waals surface area contributed by atoms with Crippen molar-refractivity contribution in [1.29, 1.82) is 0 Å². The second-order valence-corrected chi connectivity index (χ2v) is 9.18. The van der Waals surface area contributed by atoms with Crippen LogP contribution in [0.4, 0.5) is 11.5 Å². The molecule has 1 aliphatic heterocycles. The van der Waals surface area contributed by atoms with Crippen LogP contribution in [0.25, 0.3) is 11.0 Å². The van der Waals surface area contributed by atoms with E-state index in [0.717, 1.165) is 6.07 Å². The normalized spacial score (nSPS) is 13.1. The smallest absolute Gasteiger partial charge is 0.276 e. The van der Waals surface area contributed by atoms with E-state index >= 15 is 0 Å². The minimum atomic E-state index is -0.758. The van der Waals surface area contributed by atoms with Crippen LogP contribution < -0.4 is 15.6 Å². The first-order valence-corrected chi connectivity index (χ1v) is 11.9. The number of fused-ring (bicyclic) bond motifs is 2. The van der Waals surface area contributed by atoms with E-state index in [2.05, 4.69) is 20.5 Å². The van der Waals surface area contributed by atoms with Gasteiger partial charge in [0.25, 0.3) is 17.7 Å². The van der Waals surface area contributed by atoms with Crippen LogP contribution in [0, 0.1) is 0 Å². The lowest BCUT2D eigenvalue weighted by molar-refractivity contribution is 0.0641. The van der Waals surface area contributed by atoms with Crippen molar-refractivity contribution >= 4 is 40.3 Å². The Hall–Kier alpha value is -5.00. The van der Waals surface area contributed by atoms with Gasteiger partial charge in [0, 0.05) is 49.7 Å². The average molecular weight is 516 g/mol. The zero-order chi connectivity index (χ0) is 27.1. The molecule has 0 aliphatic carbocycles. The van der Waals surface area contributed by atoms with E-state index in [-0.39, 0.29) is 28.8 Å². The zero-order valence-electron chi connectivity index (χ0n) is 20.9. The van der Waals surface area contributed by atoms with Gasteiger partial charge in [0.2, 0.25) is 5.43 Å². The third-order valence-electron chi connectivity index (χ3n) is 6.48. The van der Waals surface area contributed by atoms with Gasteiger partial charge in [0.05, 0.1) is 5.39 Å². The zero-order valence-corrected chi connectivity index (χ0v) is 20.9. The summed E-state index contributed by atoms with van der Waals surface area (Å²) in [7, 11) is 1.48. The van der Waals surface area contributed by atoms with Gasteiger partial charge in [-0.05, 0) is 44.2 Å². The fraction of sp³-hybridized carbons (Fsp3) is 0.231. The summed E-state index contributed by atoms with van der Waals surface area (Å²) >= 11 is 0. The fourth-order valence-electron chi connectivity index (χ4n) is 4.53. The predicted molar refractivity (Wildman–Crippen MR) is 140 cm³/mol. The van der Waals surface area contributed by atoms with Crippen LogP contribution in [0.2, 0.25) is 0 Å². The molecule has 4 aromatic rings. The van der Waals surface area contributed by atoms with E-state index in [9.17, 15) is 24.3 Å². The second kappa shape index (κ2) is 9.47. The first-order valence-electron chi connectivity index (χ1n) is 11.9. The Bertz CT molecular complexity index is 1660. The number of aromatic nitrogens is 4. The largest absolute Gasteiger partial charge is 0.503 e. The Morgan fingerprint density at radius 3 is 2.68 bits per heavy atom. The molecule has 38 heavy (non-hydrogen) atoms. The van der Waals surface area contributed by atoms with E-state index in [0.29, 0.717) is 29.8 Å². The third kappa shape index (κ3) is 4.15. The number of carbonyl (C=O) groups is 3. The van der Waals surface area contributed by atoms with Crippen LogP contribution in [-0.2, 0) is 6.54 Å². The van der Waals surface area contributed by atoms with Crippen LogP contribution in [-0.4, -0.2) is 67.1 Å². The number of H-pyrrole nitrogens is 1. The molecule has 0 bridgehead atoms. The molecule has 0 atom stereocenters. The summed E-state index contributed by atoms with van der Waals surface area (Å²) in [6, 6.07) is 10.8. The van der Waals surface area contributed by atoms with Crippen LogP contribution >= 0.6 is 0 Å². The van der Waals surface area contributed by atoms with Gasteiger partial charge in [-0.15, -0.1) is 0 Å². The number of nitrogens with zero attached hydrogens (tertiary/aromatic N) is 5. The predicted octanol–water partition coefficient (Wildman–Crippen LogP) is 2.22. The van der Waals surface area contributed by atoms with E-state index in [1.165, 1.54) is 22.6 Å². The standard InChI is InChI=1S/C26H25N7O5/c1-14(2)32-10-11-33-19(13-18(34)22(35)21(33)26(32)38)31(3)25(37)15-6-4-7-16(12-15)28-24(36)20-17-8-5-9-27-23(17)30-29-20/h4-9,12-14,35H,10-11H2,1-3H3,(H,28,36)(H,27,29,30). The topological polar surface area (TPSA) is 154 Å². The Labute approximate surface area is 216 Å². The van der Waals surface area contributed by atoms with Gasteiger partial charge in [-0.1, -0.05) is 6.07 Å². The first-order chi connectivity index (χ1) is 18.2. The first kappa shape index (κ1) is 24.7. The lowest BCUT2D eigenvalue weighted by Crippen LogP contribution is -2.46. The molecule has 1 aromatic carbocycles. The van der Waals surface area contributed by atoms with Crippen molar-refractivity contribution in [3.05, 3.63) is 75.8 Å². The molecular weight excluding hydrogens is 490 g/mol. The molecule has 12 heteroatoms. The summed E-state index contributed by atoms with van der Waals surface area (Å²) in [5.74, 6) is -1.90. The van der Waals surface area contributed by atoms with Crippen LogP contribution in [0.15, 0.2) is 53.5 Å². The highest BCUT2D eigenvalue weighted by molar-refractivity contribution is 6.11. The van der Waals surface area contributed by atoms with Crippen LogP contribution in [0.5, 0.6) is 5.75 Å².